The van der Waals surface area contributed by atoms with Crippen LogP contribution in [0.3, 0.4) is 0 Å². The van der Waals surface area contributed by atoms with Gasteiger partial charge in [-0.2, -0.15) is 0 Å². The van der Waals surface area contributed by atoms with Crippen LogP contribution in [0.1, 0.15) is 13.8 Å². The summed E-state index contributed by atoms with van der Waals surface area (Å²) in [6.07, 6.45) is -0.351. The molecule has 11 heavy (non-hydrogen) atoms. The first-order chi connectivity index (χ1) is 5.07. The summed E-state index contributed by atoms with van der Waals surface area (Å²) in [4.78, 5) is 0. The first-order valence-electron chi connectivity index (χ1n) is 3.30. The van der Waals surface area contributed by atoms with Gasteiger partial charge in [-0.3, -0.25) is 19.0 Å². The minimum atomic E-state index is -3.11. The first kappa shape index (κ1) is 8.69. The maximum atomic E-state index is 11.4. The van der Waals surface area contributed by atoms with E-state index in [0.29, 0.717) is 0 Å². The van der Waals surface area contributed by atoms with Crippen molar-refractivity contribution in [1.29, 1.82) is 5.41 Å². The summed E-state index contributed by atoms with van der Waals surface area (Å²) < 4.78 is 21.3. The maximum absolute atomic E-state index is 11.4. The smallest absolute Gasteiger partial charge is 0.299 e. The van der Waals surface area contributed by atoms with Crippen molar-refractivity contribution >= 4 is 13.5 Å². The molecule has 2 atom stereocenters. The van der Waals surface area contributed by atoms with Crippen LogP contribution >= 0.6 is 7.60 Å². The third-order valence-electron chi connectivity index (χ3n) is 1.51. The Morgan fingerprint density at radius 2 is 1.91 bits per heavy atom. The van der Waals surface area contributed by atoms with Gasteiger partial charge in [0, 0.05) is 0 Å². The van der Waals surface area contributed by atoms with Crippen LogP contribution in [0, 0.1) is 5.41 Å². The zero-order chi connectivity index (χ0) is 8.48. The fraction of sp³-hybridized carbons (Fsp3) is 0.667. The Morgan fingerprint density at radius 3 is 2.27 bits per heavy atom. The number of hydrogen-bond acceptors (Lipinski definition) is 4. The van der Waals surface area contributed by atoms with E-state index < -0.39 is 7.60 Å². The molecule has 5 heteroatoms. The van der Waals surface area contributed by atoms with Gasteiger partial charge >= 0.3 is 7.60 Å². The van der Waals surface area contributed by atoms with E-state index >= 15 is 0 Å². The average molecular weight is 175 g/mol. The Kier molecular flexibility index (Phi) is 2.31. The summed E-state index contributed by atoms with van der Waals surface area (Å²) in [6, 6.07) is 0. The molecule has 1 saturated heterocycles. The highest BCUT2D eigenvalue weighted by Crippen LogP contribution is 2.56. The van der Waals surface area contributed by atoms with E-state index in [1.807, 2.05) is 5.87 Å². The zero-order valence-electron chi connectivity index (χ0n) is 6.40. The van der Waals surface area contributed by atoms with Gasteiger partial charge in [0.15, 0.2) is 0 Å². The molecule has 4 nitrogen and oxygen atoms in total. The quantitative estimate of drug-likeness (QED) is 0.488. The van der Waals surface area contributed by atoms with Crippen LogP contribution in [0.25, 0.3) is 0 Å². The molecule has 2 unspecified atom stereocenters. The van der Waals surface area contributed by atoms with Crippen LogP contribution in [0.5, 0.6) is 0 Å². The molecule has 0 aliphatic carbocycles. The first-order valence-corrected chi connectivity index (χ1v) is 4.92. The maximum Gasteiger partial charge on any atom is 0.364 e. The molecule has 1 N–H and O–H groups in total. The Balaban J connectivity index is 2.80. The average Bonchev–Trinajstić information content (AvgIpc) is 2.08. The summed E-state index contributed by atoms with van der Waals surface area (Å²) in [5, 5.41) is 6.59. The van der Waals surface area contributed by atoms with E-state index in [4.69, 9.17) is 14.5 Å². The van der Waals surface area contributed by atoms with Crippen molar-refractivity contribution < 1.29 is 13.6 Å². The van der Waals surface area contributed by atoms with E-state index in [9.17, 15) is 4.57 Å². The molecule has 0 bridgehead atoms. The second-order valence-corrected chi connectivity index (χ2v) is 4.19. The van der Waals surface area contributed by atoms with Crippen LogP contribution in [0.4, 0.5) is 0 Å². The van der Waals surface area contributed by atoms with Crippen molar-refractivity contribution in [2.75, 3.05) is 0 Å². The van der Waals surface area contributed by atoms with Gasteiger partial charge in [0.25, 0.3) is 0 Å². The van der Waals surface area contributed by atoms with Gasteiger partial charge in [-0.25, -0.2) is 0 Å². The molecular formula is C6H10NO3P. The molecule has 1 aliphatic rings. The predicted molar refractivity (Wildman–Crippen MR) is 41.0 cm³/mol. The lowest BCUT2D eigenvalue weighted by atomic mass is 10.3. The predicted octanol–water partition coefficient (Wildman–Crippen LogP) is 1.77. The molecule has 0 amide bonds. The topological polar surface area (TPSA) is 59.4 Å². The Bertz CT molecular complexity index is 232. The Morgan fingerprint density at radius 1 is 1.45 bits per heavy atom. The molecule has 1 rings (SSSR count). The second-order valence-electron chi connectivity index (χ2n) is 2.43. The molecule has 0 aromatic carbocycles. The minimum absolute atomic E-state index is 0.176. The van der Waals surface area contributed by atoms with E-state index in [1.54, 1.807) is 13.8 Å². The lowest BCUT2D eigenvalue weighted by Crippen LogP contribution is -2.13. The van der Waals surface area contributed by atoms with Crippen molar-refractivity contribution in [3.63, 3.8) is 0 Å². The van der Waals surface area contributed by atoms with Gasteiger partial charge in [0.1, 0.15) is 0 Å². The third-order valence-corrected chi connectivity index (χ3v) is 3.21. The Hall–Kier alpha value is -0.400. The van der Waals surface area contributed by atoms with Crippen molar-refractivity contribution in [3.8, 4) is 0 Å². The van der Waals surface area contributed by atoms with Crippen molar-refractivity contribution in [2.24, 2.45) is 0 Å². The summed E-state index contributed by atoms with van der Waals surface area (Å²) >= 11 is 0. The second kappa shape index (κ2) is 2.92. The van der Waals surface area contributed by atoms with Gasteiger partial charge < -0.3 is 0 Å². The van der Waals surface area contributed by atoms with Crippen molar-refractivity contribution in [3.05, 3.63) is 5.82 Å². The van der Waals surface area contributed by atoms with Crippen LogP contribution in [-0.2, 0) is 13.6 Å². The molecule has 0 spiro atoms. The summed E-state index contributed by atoms with van der Waals surface area (Å²) in [7, 11) is -3.11. The van der Waals surface area contributed by atoms with Crippen LogP contribution in [-0.4, -0.2) is 18.1 Å². The van der Waals surface area contributed by atoms with Crippen LogP contribution in [0.15, 0.2) is 5.82 Å². The molecule has 1 heterocycles. The van der Waals surface area contributed by atoms with E-state index in [1.165, 1.54) is 0 Å². The summed E-state index contributed by atoms with van der Waals surface area (Å²) in [5.41, 5.74) is 0. The molecule has 0 radical (unpaired) electrons. The minimum Gasteiger partial charge on any atom is -0.299 e. The molecule has 1 fully saturated rings. The number of nitrogens with one attached hydrogen (secondary N) is 1. The molecule has 1 aliphatic heterocycles. The van der Waals surface area contributed by atoms with Gasteiger partial charge in [0.2, 0.25) is 0 Å². The van der Waals surface area contributed by atoms with Crippen LogP contribution < -0.4 is 0 Å². The van der Waals surface area contributed by atoms with Crippen molar-refractivity contribution in [2.45, 2.75) is 26.1 Å². The van der Waals surface area contributed by atoms with Gasteiger partial charge in [-0.1, -0.05) is 0 Å². The lowest BCUT2D eigenvalue weighted by molar-refractivity contribution is 0.187. The largest absolute Gasteiger partial charge is 0.364 e. The fourth-order valence-electron chi connectivity index (χ4n) is 0.800. The fourth-order valence-corrected chi connectivity index (χ4v) is 2.40. The van der Waals surface area contributed by atoms with E-state index in [-0.39, 0.29) is 12.2 Å². The van der Waals surface area contributed by atoms with E-state index in [0.717, 1.165) is 5.82 Å². The summed E-state index contributed by atoms with van der Waals surface area (Å²) in [6.45, 7) is 3.56. The molecule has 0 aromatic rings. The molecule has 62 valence electrons. The van der Waals surface area contributed by atoms with Crippen LogP contribution in [0.2, 0.25) is 0 Å². The standard InChI is InChI=1S/C6H10NO3P/c1-5-6(2)10-11(8,9-5)4-3-7/h4-7H,1-2H3. The third kappa shape index (κ3) is 1.79. The highest BCUT2D eigenvalue weighted by Gasteiger charge is 2.37. The molecule has 0 saturated carbocycles. The van der Waals surface area contributed by atoms with Gasteiger partial charge in [-0.05, 0) is 19.7 Å². The van der Waals surface area contributed by atoms with E-state index in [2.05, 4.69) is 0 Å². The highest BCUT2D eigenvalue weighted by atomic mass is 31.2. The lowest BCUT2D eigenvalue weighted by Gasteiger charge is -2.00. The zero-order valence-corrected chi connectivity index (χ0v) is 7.30. The number of hydrogen-bond donors (Lipinski definition) is 1. The molecule has 0 aromatic heterocycles. The Labute approximate surface area is 65.2 Å². The van der Waals surface area contributed by atoms with Gasteiger partial charge in [0.05, 0.1) is 18.0 Å². The normalized spacial score (nSPS) is 43.5. The summed E-state index contributed by atoms with van der Waals surface area (Å²) in [5.74, 6) is 2.94. The van der Waals surface area contributed by atoms with Gasteiger partial charge in [-0.15, -0.1) is 0 Å². The number of rotatable bonds is 1. The highest BCUT2D eigenvalue weighted by molar-refractivity contribution is 7.57. The monoisotopic (exact) mass is 175 g/mol. The molecular weight excluding hydrogens is 165 g/mol. The van der Waals surface area contributed by atoms with Crippen molar-refractivity contribution in [1.82, 2.24) is 0 Å². The SMILES string of the molecule is CC1OP(=O)(C=C=N)OC1C.